The average molecular weight is 314 g/mol. The van der Waals surface area contributed by atoms with E-state index in [9.17, 15) is 0 Å². The molecule has 4 rings (SSSR count). The van der Waals surface area contributed by atoms with Crippen molar-refractivity contribution >= 4 is 5.82 Å². The number of ether oxygens (including phenoxy) is 1. The smallest absolute Gasteiger partial charge is 0.158 e. The van der Waals surface area contributed by atoms with Crippen molar-refractivity contribution in [2.75, 3.05) is 44.8 Å². The third kappa shape index (κ3) is 2.94. The molecule has 2 aliphatic rings. The van der Waals surface area contributed by atoms with E-state index in [1.54, 1.807) is 11.0 Å². The summed E-state index contributed by atoms with van der Waals surface area (Å²) in [6.07, 6.45) is 5.44. The number of likely N-dealkylation sites (N-methyl/N-ethyl adjacent to an activating group) is 1. The van der Waals surface area contributed by atoms with Gasteiger partial charge in [0.1, 0.15) is 12.1 Å². The second-order valence-electron chi connectivity index (χ2n) is 6.60. The number of aryl methyl sites for hydroxylation is 1. The Bertz CT molecular complexity index is 687. The first-order chi connectivity index (χ1) is 11.2. The standard InChI is InChI=1S/C16H22N6O/c1-12-4-19-22(5-12)16-3-15(17-11-18-16)21-7-13-6-20(2)14(8-21)10-23-9-13/h3-5,11,13-14H,6-10H2,1-2H3/t13-,14+/m1/s1. The van der Waals surface area contributed by atoms with Gasteiger partial charge in [0.25, 0.3) is 0 Å². The summed E-state index contributed by atoms with van der Waals surface area (Å²) in [5.41, 5.74) is 1.12. The Kier molecular flexibility index (Phi) is 3.74. The Morgan fingerprint density at radius 2 is 2.00 bits per heavy atom. The Labute approximate surface area is 135 Å². The molecule has 2 aromatic heterocycles. The molecule has 0 aliphatic carbocycles. The number of rotatable bonds is 2. The topological polar surface area (TPSA) is 59.3 Å². The van der Waals surface area contributed by atoms with Crippen molar-refractivity contribution in [3.8, 4) is 5.82 Å². The van der Waals surface area contributed by atoms with Gasteiger partial charge >= 0.3 is 0 Å². The van der Waals surface area contributed by atoms with Gasteiger partial charge in [-0.2, -0.15) is 5.10 Å². The first-order valence-corrected chi connectivity index (χ1v) is 8.05. The van der Waals surface area contributed by atoms with E-state index in [4.69, 9.17) is 4.74 Å². The van der Waals surface area contributed by atoms with Crippen LogP contribution in [0.15, 0.2) is 24.8 Å². The van der Waals surface area contributed by atoms with Gasteiger partial charge in [-0.15, -0.1) is 0 Å². The predicted octanol–water partition coefficient (Wildman–Crippen LogP) is 0.738. The minimum atomic E-state index is 0.410. The maximum absolute atomic E-state index is 5.80. The third-order valence-electron chi connectivity index (χ3n) is 4.65. The minimum absolute atomic E-state index is 0.410. The van der Waals surface area contributed by atoms with Gasteiger partial charge < -0.3 is 9.64 Å². The summed E-state index contributed by atoms with van der Waals surface area (Å²) in [4.78, 5) is 13.6. The lowest BCUT2D eigenvalue weighted by Gasteiger charge is -2.30. The molecule has 0 amide bonds. The van der Waals surface area contributed by atoms with Crippen molar-refractivity contribution in [1.82, 2.24) is 24.6 Å². The monoisotopic (exact) mass is 314 g/mol. The summed E-state index contributed by atoms with van der Waals surface area (Å²) in [5, 5.41) is 4.34. The van der Waals surface area contributed by atoms with Crippen molar-refractivity contribution in [1.29, 1.82) is 0 Å². The van der Waals surface area contributed by atoms with Gasteiger partial charge in [-0.3, -0.25) is 4.90 Å². The molecule has 0 spiro atoms. The van der Waals surface area contributed by atoms with Crippen LogP contribution in [0, 0.1) is 12.8 Å². The van der Waals surface area contributed by atoms with Crippen LogP contribution >= 0.6 is 0 Å². The number of aromatic nitrogens is 4. The molecule has 2 aromatic rings. The van der Waals surface area contributed by atoms with Crippen molar-refractivity contribution in [2.24, 2.45) is 5.92 Å². The second-order valence-corrected chi connectivity index (χ2v) is 6.60. The molecule has 23 heavy (non-hydrogen) atoms. The Morgan fingerprint density at radius 3 is 2.83 bits per heavy atom. The minimum Gasteiger partial charge on any atom is -0.379 e. The lowest BCUT2D eigenvalue weighted by atomic mass is 10.1. The number of fused-ring (bicyclic) bond motifs is 3. The highest BCUT2D eigenvalue weighted by Crippen LogP contribution is 2.23. The van der Waals surface area contributed by atoms with E-state index in [2.05, 4.69) is 31.9 Å². The molecule has 7 heteroatoms. The molecular formula is C16H22N6O. The quantitative estimate of drug-likeness (QED) is 0.815. The summed E-state index contributed by atoms with van der Waals surface area (Å²) in [6.45, 7) is 6.62. The molecule has 0 aromatic carbocycles. The molecule has 7 nitrogen and oxygen atoms in total. The first kappa shape index (κ1) is 14.6. The van der Waals surface area contributed by atoms with Crippen LogP contribution in [0.3, 0.4) is 0 Å². The van der Waals surface area contributed by atoms with Crippen LogP contribution in [0.25, 0.3) is 5.82 Å². The summed E-state index contributed by atoms with van der Waals surface area (Å²) in [5.74, 6) is 2.29. The summed E-state index contributed by atoms with van der Waals surface area (Å²) in [6, 6.07) is 2.43. The van der Waals surface area contributed by atoms with Crippen LogP contribution in [0.2, 0.25) is 0 Å². The van der Waals surface area contributed by atoms with Gasteiger partial charge in [0.2, 0.25) is 0 Å². The Balaban J connectivity index is 1.63. The zero-order valence-corrected chi connectivity index (χ0v) is 13.6. The molecule has 2 saturated heterocycles. The fourth-order valence-electron chi connectivity index (χ4n) is 3.41. The molecule has 4 heterocycles. The molecule has 0 radical (unpaired) electrons. The van der Waals surface area contributed by atoms with Crippen LogP contribution < -0.4 is 4.90 Å². The molecule has 0 unspecified atom stereocenters. The highest BCUT2D eigenvalue weighted by Gasteiger charge is 2.32. The van der Waals surface area contributed by atoms with E-state index in [1.807, 2.05) is 25.4 Å². The first-order valence-electron chi connectivity index (χ1n) is 8.05. The molecule has 0 saturated carbocycles. The highest BCUT2D eigenvalue weighted by atomic mass is 16.5. The fourth-order valence-corrected chi connectivity index (χ4v) is 3.41. The lowest BCUT2D eigenvalue weighted by Crippen LogP contribution is -2.42. The van der Waals surface area contributed by atoms with Crippen LogP contribution in [0.4, 0.5) is 5.82 Å². The third-order valence-corrected chi connectivity index (χ3v) is 4.65. The summed E-state index contributed by atoms with van der Waals surface area (Å²) in [7, 11) is 2.19. The van der Waals surface area contributed by atoms with Crippen molar-refractivity contribution < 1.29 is 4.74 Å². The number of anilines is 1. The van der Waals surface area contributed by atoms with Crippen LogP contribution in [-0.2, 0) is 4.74 Å². The van der Waals surface area contributed by atoms with Crippen LogP contribution in [-0.4, -0.2) is 70.6 Å². The Morgan fingerprint density at radius 1 is 1.13 bits per heavy atom. The largest absolute Gasteiger partial charge is 0.379 e. The predicted molar refractivity (Wildman–Crippen MR) is 86.8 cm³/mol. The normalized spacial score (nSPS) is 25.4. The molecular weight excluding hydrogens is 292 g/mol. The van der Waals surface area contributed by atoms with Crippen LogP contribution in [0.5, 0.6) is 0 Å². The zero-order valence-electron chi connectivity index (χ0n) is 13.6. The molecule has 2 fully saturated rings. The number of hydrogen-bond donors (Lipinski definition) is 0. The van der Waals surface area contributed by atoms with E-state index in [0.717, 1.165) is 50.0 Å². The van der Waals surface area contributed by atoms with E-state index in [-0.39, 0.29) is 0 Å². The van der Waals surface area contributed by atoms with Gasteiger partial charge in [-0.25, -0.2) is 14.6 Å². The lowest BCUT2D eigenvalue weighted by molar-refractivity contribution is 0.0930. The maximum Gasteiger partial charge on any atom is 0.158 e. The Hall–Kier alpha value is -1.99. The van der Waals surface area contributed by atoms with E-state index >= 15 is 0 Å². The van der Waals surface area contributed by atoms with Gasteiger partial charge in [0.15, 0.2) is 5.82 Å². The van der Waals surface area contributed by atoms with Gasteiger partial charge in [0.05, 0.1) is 25.5 Å². The zero-order chi connectivity index (χ0) is 15.8. The molecule has 122 valence electrons. The van der Waals surface area contributed by atoms with Crippen molar-refractivity contribution in [3.05, 3.63) is 30.4 Å². The summed E-state index contributed by atoms with van der Waals surface area (Å²) >= 11 is 0. The maximum atomic E-state index is 5.80. The summed E-state index contributed by atoms with van der Waals surface area (Å²) < 4.78 is 7.60. The highest BCUT2D eigenvalue weighted by molar-refractivity contribution is 5.44. The number of nitrogens with zero attached hydrogens (tertiary/aromatic N) is 6. The molecule has 0 N–H and O–H groups in total. The van der Waals surface area contributed by atoms with E-state index in [0.29, 0.717) is 12.0 Å². The van der Waals surface area contributed by atoms with E-state index < -0.39 is 0 Å². The number of hydrogen-bond acceptors (Lipinski definition) is 6. The van der Waals surface area contributed by atoms with E-state index in [1.165, 1.54) is 0 Å². The molecule has 2 aliphatic heterocycles. The van der Waals surface area contributed by atoms with Gasteiger partial charge in [-0.1, -0.05) is 0 Å². The fraction of sp³-hybridized carbons (Fsp3) is 0.562. The second kappa shape index (κ2) is 5.90. The average Bonchev–Trinajstić information content (AvgIpc) is 2.80. The van der Waals surface area contributed by atoms with Gasteiger partial charge in [0, 0.05) is 37.8 Å². The van der Waals surface area contributed by atoms with Gasteiger partial charge in [-0.05, 0) is 19.5 Å². The van der Waals surface area contributed by atoms with Crippen molar-refractivity contribution in [3.63, 3.8) is 0 Å². The van der Waals surface area contributed by atoms with Crippen molar-refractivity contribution in [2.45, 2.75) is 13.0 Å². The molecule has 2 bridgehead atoms. The SMILES string of the molecule is Cc1cnn(-c2cc(N3C[C@@H]4COC[C@H](C3)N(C)C4)ncn2)c1. The van der Waals surface area contributed by atoms with Crippen LogP contribution in [0.1, 0.15) is 5.56 Å². The molecule has 2 atom stereocenters.